The van der Waals surface area contributed by atoms with Crippen LogP contribution in [0.5, 0.6) is 0 Å². The van der Waals surface area contributed by atoms with E-state index in [1.54, 1.807) is 0 Å². The zero-order valence-corrected chi connectivity index (χ0v) is 14.5. The largest absolute Gasteiger partial charge is 0.354 e. The van der Waals surface area contributed by atoms with E-state index >= 15 is 0 Å². The molecule has 2 aromatic heterocycles. The third-order valence-corrected chi connectivity index (χ3v) is 5.19. The Kier molecular flexibility index (Phi) is 2.88. The van der Waals surface area contributed by atoms with Crippen LogP contribution in [0.25, 0.3) is 55.4 Å². The van der Waals surface area contributed by atoms with Gasteiger partial charge in [0.25, 0.3) is 0 Å². The molecule has 3 heteroatoms. The number of H-pyrrole nitrogens is 1. The monoisotopic (exact) mass is 345 g/mol. The summed E-state index contributed by atoms with van der Waals surface area (Å²) < 4.78 is 0. The van der Waals surface area contributed by atoms with Crippen LogP contribution in [0.2, 0.25) is 0 Å². The first kappa shape index (κ1) is 14.4. The van der Waals surface area contributed by atoms with Crippen LogP contribution in [-0.4, -0.2) is 15.0 Å². The van der Waals surface area contributed by atoms with Crippen LogP contribution in [0.1, 0.15) is 0 Å². The lowest BCUT2D eigenvalue weighted by molar-refractivity contribution is 1.26. The van der Waals surface area contributed by atoms with Crippen molar-refractivity contribution in [2.24, 2.45) is 0 Å². The van der Waals surface area contributed by atoms with E-state index in [2.05, 4.69) is 53.5 Å². The molecule has 0 aliphatic heterocycles. The van der Waals surface area contributed by atoms with Crippen molar-refractivity contribution in [2.75, 3.05) is 0 Å². The van der Waals surface area contributed by atoms with E-state index in [1.165, 1.54) is 16.3 Å². The molecule has 0 radical (unpaired) electrons. The van der Waals surface area contributed by atoms with Crippen molar-refractivity contribution >= 4 is 32.7 Å². The minimum absolute atomic E-state index is 0.768. The van der Waals surface area contributed by atoms with E-state index in [9.17, 15) is 0 Å². The average Bonchev–Trinajstić information content (AvgIpc) is 3.13. The molecule has 1 N–H and O–H groups in total. The summed E-state index contributed by atoms with van der Waals surface area (Å²) in [6.45, 7) is 0. The van der Waals surface area contributed by atoms with E-state index < -0.39 is 0 Å². The standard InChI is InChI=1S/C24H15N3/c1-3-7-15(8-4-1)23-17-11-12-19-22-20(14-13-18(25-23)21(17)22)27-24(26-19)16-9-5-2-6-10-16/h1-14,25H. The maximum absolute atomic E-state index is 4.85. The van der Waals surface area contributed by atoms with E-state index in [4.69, 9.17) is 9.97 Å². The van der Waals surface area contributed by atoms with Gasteiger partial charge in [0.05, 0.1) is 16.7 Å². The second-order valence-electron chi connectivity index (χ2n) is 6.79. The molecule has 3 nitrogen and oxygen atoms in total. The normalized spacial score (nSPS) is 11.7. The summed E-state index contributed by atoms with van der Waals surface area (Å²) in [5.41, 5.74) is 6.46. The van der Waals surface area contributed by atoms with E-state index in [1.807, 2.05) is 36.4 Å². The number of rotatable bonds is 2. The molecule has 0 saturated heterocycles. The molecule has 0 atom stereocenters. The summed E-state index contributed by atoms with van der Waals surface area (Å²) in [5.74, 6) is 0.768. The molecule has 0 unspecified atom stereocenters. The first-order valence-corrected chi connectivity index (χ1v) is 9.04. The molecule has 126 valence electrons. The number of aromatic amines is 1. The number of nitrogens with zero attached hydrogens (tertiary/aromatic N) is 2. The van der Waals surface area contributed by atoms with Gasteiger partial charge in [0.2, 0.25) is 0 Å². The SMILES string of the molecule is c1ccc(-c2nc3ccc4[nH]c(-c5ccccc5)c5ccc(n2)c3c45)cc1. The quantitative estimate of drug-likeness (QED) is 0.416. The Morgan fingerprint density at radius 2 is 1.19 bits per heavy atom. The summed E-state index contributed by atoms with van der Waals surface area (Å²) in [6, 6.07) is 29.1. The van der Waals surface area contributed by atoms with Gasteiger partial charge in [-0.15, -0.1) is 0 Å². The van der Waals surface area contributed by atoms with E-state index in [-0.39, 0.29) is 0 Å². The van der Waals surface area contributed by atoms with Gasteiger partial charge in [-0.05, 0) is 29.8 Å². The van der Waals surface area contributed by atoms with Gasteiger partial charge < -0.3 is 4.98 Å². The maximum Gasteiger partial charge on any atom is 0.160 e. The molecule has 4 aromatic carbocycles. The van der Waals surface area contributed by atoms with Crippen molar-refractivity contribution in [1.82, 2.24) is 15.0 Å². The molecule has 2 heterocycles. The molecular weight excluding hydrogens is 330 g/mol. The van der Waals surface area contributed by atoms with Crippen LogP contribution in [0.3, 0.4) is 0 Å². The number of hydrogen-bond acceptors (Lipinski definition) is 2. The van der Waals surface area contributed by atoms with Crippen LogP contribution >= 0.6 is 0 Å². The predicted molar refractivity (Wildman–Crippen MR) is 111 cm³/mol. The zero-order valence-electron chi connectivity index (χ0n) is 14.5. The van der Waals surface area contributed by atoms with Gasteiger partial charge in [-0.1, -0.05) is 60.7 Å². The van der Waals surface area contributed by atoms with Crippen LogP contribution in [0, 0.1) is 0 Å². The number of aromatic nitrogens is 3. The Hall–Kier alpha value is -3.72. The van der Waals surface area contributed by atoms with Crippen LogP contribution in [0.4, 0.5) is 0 Å². The molecule has 0 amide bonds. The van der Waals surface area contributed by atoms with Crippen molar-refractivity contribution in [3.05, 3.63) is 84.9 Å². The van der Waals surface area contributed by atoms with Crippen molar-refractivity contribution in [2.45, 2.75) is 0 Å². The lowest BCUT2D eigenvalue weighted by Crippen LogP contribution is -1.92. The Morgan fingerprint density at radius 1 is 0.556 bits per heavy atom. The highest BCUT2D eigenvalue weighted by molar-refractivity contribution is 6.24. The molecule has 0 fully saturated rings. The van der Waals surface area contributed by atoms with Gasteiger partial charge in [0.15, 0.2) is 5.82 Å². The molecule has 0 aliphatic rings. The van der Waals surface area contributed by atoms with Gasteiger partial charge in [0.1, 0.15) is 0 Å². The third-order valence-electron chi connectivity index (χ3n) is 5.19. The maximum atomic E-state index is 4.85. The van der Waals surface area contributed by atoms with Gasteiger partial charge >= 0.3 is 0 Å². The summed E-state index contributed by atoms with van der Waals surface area (Å²) in [7, 11) is 0. The topological polar surface area (TPSA) is 41.6 Å². The molecule has 27 heavy (non-hydrogen) atoms. The van der Waals surface area contributed by atoms with E-state index in [0.29, 0.717) is 0 Å². The Balaban J connectivity index is 1.69. The fourth-order valence-electron chi connectivity index (χ4n) is 3.96. The Morgan fingerprint density at radius 3 is 1.89 bits per heavy atom. The first-order chi connectivity index (χ1) is 13.4. The van der Waals surface area contributed by atoms with Crippen molar-refractivity contribution in [3.63, 3.8) is 0 Å². The highest BCUT2D eigenvalue weighted by Gasteiger charge is 2.17. The molecule has 6 rings (SSSR count). The fraction of sp³-hybridized carbons (Fsp3) is 0. The summed E-state index contributed by atoms with van der Waals surface area (Å²) >= 11 is 0. The van der Waals surface area contributed by atoms with Gasteiger partial charge in [-0.25, -0.2) is 9.97 Å². The van der Waals surface area contributed by atoms with Crippen LogP contribution < -0.4 is 0 Å². The number of hydrogen-bond donors (Lipinski definition) is 1. The second kappa shape index (κ2) is 5.39. The zero-order chi connectivity index (χ0) is 17.8. The van der Waals surface area contributed by atoms with Crippen molar-refractivity contribution in [3.8, 4) is 22.6 Å². The van der Waals surface area contributed by atoms with Gasteiger partial charge in [0, 0.05) is 27.2 Å². The minimum atomic E-state index is 0.768. The smallest absolute Gasteiger partial charge is 0.160 e. The molecule has 0 spiro atoms. The summed E-state index contributed by atoms with van der Waals surface area (Å²) in [4.78, 5) is 13.3. The predicted octanol–water partition coefficient (Wildman–Crippen LogP) is 6.04. The summed E-state index contributed by atoms with van der Waals surface area (Å²) in [5, 5.41) is 3.55. The highest BCUT2D eigenvalue weighted by atomic mass is 14.9. The molecule has 6 aromatic rings. The van der Waals surface area contributed by atoms with Crippen LogP contribution in [-0.2, 0) is 0 Å². The molecular formula is C24H15N3. The average molecular weight is 345 g/mol. The van der Waals surface area contributed by atoms with E-state index in [0.717, 1.165) is 39.0 Å². The molecule has 0 aliphatic carbocycles. The van der Waals surface area contributed by atoms with Crippen LogP contribution in [0.15, 0.2) is 84.9 Å². The number of nitrogens with one attached hydrogen (secondary N) is 1. The first-order valence-electron chi connectivity index (χ1n) is 9.04. The number of benzene rings is 4. The summed E-state index contributed by atoms with van der Waals surface area (Å²) in [6.07, 6.45) is 0. The fourth-order valence-corrected chi connectivity index (χ4v) is 3.96. The Bertz CT molecular complexity index is 1380. The van der Waals surface area contributed by atoms with Gasteiger partial charge in [-0.3, -0.25) is 0 Å². The lowest BCUT2D eigenvalue weighted by Gasteiger charge is -2.08. The minimum Gasteiger partial charge on any atom is -0.354 e. The van der Waals surface area contributed by atoms with Gasteiger partial charge in [-0.2, -0.15) is 0 Å². The molecule has 0 saturated carbocycles. The third kappa shape index (κ3) is 2.09. The van der Waals surface area contributed by atoms with Crippen molar-refractivity contribution in [1.29, 1.82) is 0 Å². The van der Waals surface area contributed by atoms with Crippen molar-refractivity contribution < 1.29 is 0 Å². The highest BCUT2D eigenvalue weighted by Crippen LogP contribution is 2.38. The second-order valence-corrected chi connectivity index (χ2v) is 6.79. The Labute approximate surface area is 155 Å². The lowest BCUT2D eigenvalue weighted by atomic mass is 10.0. The molecule has 0 bridgehead atoms.